The quantitative estimate of drug-likeness (QED) is 0.871. The Morgan fingerprint density at radius 2 is 2.14 bits per heavy atom. The summed E-state index contributed by atoms with van der Waals surface area (Å²) >= 11 is 1.80. The van der Waals surface area contributed by atoms with Crippen LogP contribution in [-0.2, 0) is 11.3 Å². The van der Waals surface area contributed by atoms with Gasteiger partial charge in [0.05, 0.1) is 18.1 Å². The fraction of sp³-hybridized carbons (Fsp3) is 0.438. The third-order valence-corrected chi connectivity index (χ3v) is 5.52. The standard InChI is InChI=1S/C16H18N4OS/c21-15-6-16(11-20(15)13-7-17-12-18-8-13)3-4-19(10-16)9-14-2-1-5-22-14/h1-2,5,7-8,12H,3-4,6,9-11H2/t16-/m1/s1. The highest BCUT2D eigenvalue weighted by Gasteiger charge is 2.47. The highest BCUT2D eigenvalue weighted by molar-refractivity contribution is 7.09. The molecule has 0 saturated carbocycles. The van der Waals surface area contributed by atoms with Gasteiger partial charge in [-0.05, 0) is 24.4 Å². The van der Waals surface area contributed by atoms with Gasteiger partial charge in [-0.2, -0.15) is 0 Å². The average Bonchev–Trinajstić information content (AvgIpc) is 3.23. The minimum absolute atomic E-state index is 0.101. The molecule has 1 spiro atoms. The van der Waals surface area contributed by atoms with Gasteiger partial charge in [0.25, 0.3) is 0 Å². The number of amides is 1. The fourth-order valence-corrected chi connectivity index (χ4v) is 4.37. The second-order valence-corrected chi connectivity index (χ2v) is 7.33. The molecule has 0 unspecified atom stereocenters. The van der Waals surface area contributed by atoms with Gasteiger partial charge in [0.1, 0.15) is 6.33 Å². The topological polar surface area (TPSA) is 49.3 Å². The summed E-state index contributed by atoms with van der Waals surface area (Å²) in [5.74, 6) is 0.202. The molecule has 4 heterocycles. The molecule has 0 N–H and O–H groups in total. The third kappa shape index (κ3) is 2.53. The highest BCUT2D eigenvalue weighted by atomic mass is 32.1. The van der Waals surface area contributed by atoms with Gasteiger partial charge < -0.3 is 4.90 Å². The van der Waals surface area contributed by atoms with Gasteiger partial charge in [0.15, 0.2) is 0 Å². The molecule has 2 aliphatic heterocycles. The summed E-state index contributed by atoms with van der Waals surface area (Å²) in [7, 11) is 0. The Labute approximate surface area is 133 Å². The number of carbonyl (C=O) groups excluding carboxylic acids is 1. The van der Waals surface area contributed by atoms with Crippen LogP contribution in [0.2, 0.25) is 0 Å². The number of carbonyl (C=O) groups is 1. The van der Waals surface area contributed by atoms with Gasteiger partial charge in [-0.3, -0.25) is 9.69 Å². The summed E-state index contributed by atoms with van der Waals surface area (Å²) in [6.07, 6.45) is 6.68. The molecule has 0 aliphatic carbocycles. The molecule has 2 fully saturated rings. The SMILES string of the molecule is O=C1C[C@@]2(CCN(Cc3cccs3)C2)CN1c1cncnc1. The number of hydrogen-bond acceptors (Lipinski definition) is 5. The predicted octanol–water partition coefficient (Wildman–Crippen LogP) is 2.17. The molecule has 2 saturated heterocycles. The first-order valence-corrected chi connectivity index (χ1v) is 8.42. The molecule has 2 aromatic heterocycles. The van der Waals surface area contributed by atoms with Crippen molar-refractivity contribution in [2.45, 2.75) is 19.4 Å². The molecule has 1 atom stereocenters. The number of rotatable bonds is 3. The van der Waals surface area contributed by atoms with Crippen molar-refractivity contribution < 1.29 is 4.79 Å². The van der Waals surface area contributed by atoms with Crippen molar-refractivity contribution in [2.24, 2.45) is 5.41 Å². The van der Waals surface area contributed by atoms with Gasteiger partial charge in [0, 0.05) is 36.3 Å². The number of thiophene rings is 1. The lowest BCUT2D eigenvalue weighted by atomic mass is 9.86. The van der Waals surface area contributed by atoms with Crippen LogP contribution in [0.5, 0.6) is 0 Å². The van der Waals surface area contributed by atoms with E-state index in [1.165, 1.54) is 11.2 Å². The summed E-state index contributed by atoms with van der Waals surface area (Å²) in [4.78, 5) is 26.2. The predicted molar refractivity (Wildman–Crippen MR) is 85.6 cm³/mol. The van der Waals surface area contributed by atoms with E-state index in [9.17, 15) is 4.79 Å². The average molecular weight is 314 g/mol. The van der Waals surface area contributed by atoms with Crippen molar-refractivity contribution >= 4 is 22.9 Å². The molecule has 0 aromatic carbocycles. The monoisotopic (exact) mass is 314 g/mol. The minimum atomic E-state index is 0.101. The van der Waals surface area contributed by atoms with Crippen molar-refractivity contribution in [3.05, 3.63) is 41.1 Å². The lowest BCUT2D eigenvalue weighted by molar-refractivity contribution is -0.117. The van der Waals surface area contributed by atoms with Crippen molar-refractivity contribution in [3.8, 4) is 0 Å². The zero-order valence-electron chi connectivity index (χ0n) is 12.3. The smallest absolute Gasteiger partial charge is 0.227 e. The van der Waals surface area contributed by atoms with Crippen LogP contribution in [0.3, 0.4) is 0 Å². The van der Waals surface area contributed by atoms with Gasteiger partial charge in [-0.15, -0.1) is 11.3 Å². The lowest BCUT2D eigenvalue weighted by Gasteiger charge is -2.23. The molecule has 1 amide bonds. The third-order valence-electron chi connectivity index (χ3n) is 4.66. The minimum Gasteiger partial charge on any atom is -0.309 e. The largest absolute Gasteiger partial charge is 0.309 e. The molecular weight excluding hydrogens is 296 g/mol. The Balaban J connectivity index is 1.46. The molecule has 5 nitrogen and oxygen atoms in total. The number of anilines is 1. The van der Waals surface area contributed by atoms with Crippen LogP contribution in [0, 0.1) is 5.41 Å². The lowest BCUT2D eigenvalue weighted by Crippen LogP contribution is -2.31. The number of nitrogens with zero attached hydrogens (tertiary/aromatic N) is 4. The maximum Gasteiger partial charge on any atom is 0.227 e. The molecule has 6 heteroatoms. The van der Waals surface area contributed by atoms with Crippen LogP contribution in [-0.4, -0.2) is 40.4 Å². The summed E-state index contributed by atoms with van der Waals surface area (Å²) in [6, 6.07) is 4.28. The Morgan fingerprint density at radius 1 is 1.27 bits per heavy atom. The van der Waals surface area contributed by atoms with E-state index in [1.807, 2.05) is 4.90 Å². The maximum absolute atomic E-state index is 12.4. The van der Waals surface area contributed by atoms with Crippen molar-refractivity contribution in [3.63, 3.8) is 0 Å². The maximum atomic E-state index is 12.4. The van der Waals surface area contributed by atoms with E-state index in [4.69, 9.17) is 0 Å². The number of likely N-dealkylation sites (tertiary alicyclic amines) is 1. The van der Waals surface area contributed by atoms with Crippen LogP contribution in [0.25, 0.3) is 0 Å². The Bertz CT molecular complexity index is 660. The first-order valence-electron chi connectivity index (χ1n) is 7.54. The molecule has 22 heavy (non-hydrogen) atoms. The van der Waals surface area contributed by atoms with Crippen molar-refractivity contribution in [1.29, 1.82) is 0 Å². The van der Waals surface area contributed by atoms with Gasteiger partial charge in [-0.25, -0.2) is 9.97 Å². The Kier molecular flexibility index (Phi) is 3.43. The molecule has 4 rings (SSSR count). The van der Waals surface area contributed by atoms with E-state index in [2.05, 4.69) is 32.4 Å². The van der Waals surface area contributed by atoms with Gasteiger partial charge >= 0.3 is 0 Å². The first-order chi connectivity index (χ1) is 10.7. The highest BCUT2D eigenvalue weighted by Crippen LogP contribution is 2.42. The van der Waals surface area contributed by atoms with Crippen LogP contribution in [0.4, 0.5) is 5.69 Å². The van der Waals surface area contributed by atoms with E-state index >= 15 is 0 Å². The second kappa shape index (κ2) is 5.44. The first kappa shape index (κ1) is 13.8. The normalized spacial score (nSPS) is 25.5. The van der Waals surface area contributed by atoms with Gasteiger partial charge in [-0.1, -0.05) is 6.07 Å². The van der Waals surface area contributed by atoms with E-state index in [0.29, 0.717) is 6.42 Å². The summed E-state index contributed by atoms with van der Waals surface area (Å²) in [5.41, 5.74) is 0.922. The summed E-state index contributed by atoms with van der Waals surface area (Å²) in [5, 5.41) is 2.12. The molecule has 2 aliphatic rings. The molecular formula is C16H18N4OS. The summed E-state index contributed by atoms with van der Waals surface area (Å²) < 4.78 is 0. The van der Waals surface area contributed by atoms with E-state index in [-0.39, 0.29) is 11.3 Å². The molecule has 0 radical (unpaired) electrons. The number of hydrogen-bond donors (Lipinski definition) is 0. The zero-order chi connectivity index (χ0) is 15.0. The molecule has 2 aromatic rings. The van der Waals surface area contributed by atoms with E-state index in [1.54, 1.807) is 23.7 Å². The second-order valence-electron chi connectivity index (χ2n) is 6.29. The van der Waals surface area contributed by atoms with Crippen LogP contribution in [0.15, 0.2) is 36.2 Å². The molecule has 0 bridgehead atoms. The Morgan fingerprint density at radius 3 is 2.91 bits per heavy atom. The fourth-order valence-electron chi connectivity index (χ4n) is 3.62. The van der Waals surface area contributed by atoms with Crippen LogP contribution < -0.4 is 4.90 Å². The van der Waals surface area contributed by atoms with Crippen molar-refractivity contribution in [1.82, 2.24) is 14.9 Å². The van der Waals surface area contributed by atoms with E-state index in [0.717, 1.165) is 38.3 Å². The zero-order valence-corrected chi connectivity index (χ0v) is 13.1. The van der Waals surface area contributed by atoms with Gasteiger partial charge in [0.2, 0.25) is 5.91 Å². The Hall–Kier alpha value is -1.79. The van der Waals surface area contributed by atoms with Crippen LogP contribution >= 0.6 is 11.3 Å². The van der Waals surface area contributed by atoms with E-state index < -0.39 is 0 Å². The van der Waals surface area contributed by atoms with Crippen LogP contribution in [0.1, 0.15) is 17.7 Å². The molecule has 114 valence electrons. The number of aromatic nitrogens is 2. The van der Waals surface area contributed by atoms with Crippen molar-refractivity contribution in [2.75, 3.05) is 24.5 Å². The summed E-state index contributed by atoms with van der Waals surface area (Å²) in [6.45, 7) is 3.87.